The summed E-state index contributed by atoms with van der Waals surface area (Å²) >= 11 is 0. The van der Waals surface area contributed by atoms with E-state index in [2.05, 4.69) is 29.9 Å². The molecule has 7 nitrogen and oxygen atoms in total. The van der Waals surface area contributed by atoms with Gasteiger partial charge in [-0.3, -0.25) is 4.79 Å². The molecule has 7 heteroatoms. The minimum Gasteiger partial charge on any atom is -0.472 e. The molecule has 0 saturated heterocycles. The summed E-state index contributed by atoms with van der Waals surface area (Å²) in [7, 11) is 2.12. The fourth-order valence-corrected chi connectivity index (χ4v) is 4.34. The summed E-state index contributed by atoms with van der Waals surface area (Å²) in [5, 5.41) is 18.9. The average molecular weight is 449 g/mol. The van der Waals surface area contributed by atoms with Gasteiger partial charge in [0.25, 0.3) is 5.91 Å². The van der Waals surface area contributed by atoms with Crippen molar-refractivity contribution in [1.29, 1.82) is 5.26 Å². The number of hydrogen-bond donors (Lipinski definition) is 1. The van der Waals surface area contributed by atoms with Gasteiger partial charge in [0.2, 0.25) is 5.88 Å². The number of likely N-dealkylation sites (N-methyl/N-ethyl adjacent to an activating group) is 1. The molecule has 0 unspecified atom stereocenters. The number of nitriles is 1. The van der Waals surface area contributed by atoms with Crippen LogP contribution in [0, 0.1) is 23.2 Å². The fourth-order valence-electron chi connectivity index (χ4n) is 4.34. The highest BCUT2D eigenvalue weighted by Gasteiger charge is 2.35. The first-order chi connectivity index (χ1) is 15.9. The molecule has 1 amide bonds. The second-order valence-electron chi connectivity index (χ2n) is 9.55. The first-order valence-electron chi connectivity index (χ1n) is 11.7. The molecule has 1 aromatic carbocycles. The van der Waals surface area contributed by atoms with Crippen molar-refractivity contribution in [2.24, 2.45) is 11.8 Å². The third kappa shape index (κ3) is 5.35. The normalized spacial score (nSPS) is 21.6. The monoisotopic (exact) mass is 448 g/mol. The van der Waals surface area contributed by atoms with E-state index in [1.165, 1.54) is 12.8 Å². The summed E-state index contributed by atoms with van der Waals surface area (Å²) in [5.41, 5.74) is 2.63. The molecule has 1 aliphatic carbocycles. The summed E-state index contributed by atoms with van der Waals surface area (Å²) in [6.07, 6.45) is 4.18. The number of amides is 1. The van der Waals surface area contributed by atoms with E-state index in [0.29, 0.717) is 23.6 Å². The molecule has 1 fully saturated rings. The van der Waals surface area contributed by atoms with E-state index in [1.807, 2.05) is 25.1 Å². The van der Waals surface area contributed by atoms with E-state index in [9.17, 15) is 9.90 Å². The van der Waals surface area contributed by atoms with E-state index in [1.54, 1.807) is 23.2 Å². The molecule has 1 saturated carbocycles. The summed E-state index contributed by atoms with van der Waals surface area (Å²) in [4.78, 5) is 22.2. The predicted octanol–water partition coefficient (Wildman–Crippen LogP) is 3.18. The maximum Gasteiger partial charge on any atom is 0.259 e. The first-order valence-corrected chi connectivity index (χ1v) is 11.7. The largest absolute Gasteiger partial charge is 0.472 e. The zero-order valence-corrected chi connectivity index (χ0v) is 19.6. The molecule has 2 heterocycles. The lowest BCUT2D eigenvalue weighted by molar-refractivity contribution is 0.0328. The van der Waals surface area contributed by atoms with Gasteiger partial charge >= 0.3 is 0 Å². The van der Waals surface area contributed by atoms with E-state index >= 15 is 0 Å². The van der Waals surface area contributed by atoms with Crippen LogP contribution in [-0.2, 0) is 0 Å². The van der Waals surface area contributed by atoms with Crippen LogP contribution in [0.2, 0.25) is 0 Å². The van der Waals surface area contributed by atoms with Gasteiger partial charge in [-0.25, -0.2) is 4.98 Å². The molecule has 2 aliphatic rings. The number of rotatable bonds is 7. The fraction of sp³-hybridized carbons (Fsp3) is 0.500. The molecule has 1 N–H and O–H groups in total. The van der Waals surface area contributed by atoms with Gasteiger partial charge in [-0.2, -0.15) is 5.26 Å². The molecule has 0 spiro atoms. The van der Waals surface area contributed by atoms with Crippen molar-refractivity contribution in [3.8, 4) is 23.1 Å². The summed E-state index contributed by atoms with van der Waals surface area (Å²) in [6.45, 7) is 6.16. The number of benzene rings is 1. The van der Waals surface area contributed by atoms with E-state index in [0.717, 1.165) is 30.1 Å². The Hall–Kier alpha value is -2.95. The summed E-state index contributed by atoms with van der Waals surface area (Å²) < 4.78 is 6.38. The van der Waals surface area contributed by atoms with Gasteiger partial charge in [-0.1, -0.05) is 19.1 Å². The average Bonchev–Trinajstić information content (AvgIpc) is 3.64. The summed E-state index contributed by atoms with van der Waals surface area (Å²) in [5.74, 6) is 1.01. The van der Waals surface area contributed by atoms with Gasteiger partial charge in [0.05, 0.1) is 24.3 Å². The third-order valence-corrected chi connectivity index (χ3v) is 6.63. The van der Waals surface area contributed by atoms with Crippen LogP contribution in [0.5, 0.6) is 5.88 Å². The van der Waals surface area contributed by atoms with Crippen LogP contribution < -0.4 is 4.74 Å². The Morgan fingerprint density at radius 3 is 2.64 bits per heavy atom. The van der Waals surface area contributed by atoms with Gasteiger partial charge in [0, 0.05) is 37.3 Å². The number of pyridine rings is 1. The number of nitrogens with zero attached hydrogens (tertiary/aromatic N) is 4. The Labute approximate surface area is 195 Å². The molecule has 174 valence electrons. The van der Waals surface area contributed by atoms with Gasteiger partial charge in [0.15, 0.2) is 0 Å². The van der Waals surface area contributed by atoms with Gasteiger partial charge < -0.3 is 19.6 Å². The zero-order chi connectivity index (χ0) is 23.5. The molecule has 2 aromatic rings. The standard InChI is InChI=1S/C26H32N4O3/c1-17-13-30(18(2)16-31)26(32)23-10-22(21-8-6-19(11-27)7-9-21)12-28-25(23)33-24(17)15-29(3)14-20-4-5-20/h6-10,12,17-18,20,24,31H,4-5,13-16H2,1-3H3/t17-,18+,24-/m1/s1. The highest BCUT2D eigenvalue weighted by Crippen LogP contribution is 2.32. The Kier molecular flexibility index (Phi) is 6.96. The quantitative estimate of drug-likeness (QED) is 0.700. The lowest BCUT2D eigenvalue weighted by atomic mass is 9.99. The first kappa shape index (κ1) is 23.2. The minimum absolute atomic E-state index is 0.0813. The van der Waals surface area contributed by atoms with Crippen molar-refractivity contribution in [2.45, 2.75) is 38.8 Å². The van der Waals surface area contributed by atoms with Crippen LogP contribution >= 0.6 is 0 Å². The van der Waals surface area contributed by atoms with Crippen LogP contribution in [0.3, 0.4) is 0 Å². The lowest BCUT2D eigenvalue weighted by Gasteiger charge is -2.37. The molecule has 1 aliphatic heterocycles. The van der Waals surface area contributed by atoms with Crippen molar-refractivity contribution in [3.05, 3.63) is 47.7 Å². The summed E-state index contributed by atoms with van der Waals surface area (Å²) in [6, 6.07) is 10.8. The Morgan fingerprint density at radius 1 is 1.27 bits per heavy atom. The Balaban J connectivity index is 1.68. The van der Waals surface area contributed by atoms with Crippen LogP contribution in [0.4, 0.5) is 0 Å². The molecule has 3 atom stereocenters. The topological polar surface area (TPSA) is 89.7 Å². The molecule has 0 bridgehead atoms. The lowest BCUT2D eigenvalue weighted by Crippen LogP contribution is -2.50. The van der Waals surface area contributed by atoms with Crippen molar-refractivity contribution in [1.82, 2.24) is 14.8 Å². The molecule has 1 aromatic heterocycles. The van der Waals surface area contributed by atoms with Crippen LogP contribution in [0.25, 0.3) is 11.1 Å². The maximum atomic E-state index is 13.5. The maximum absolute atomic E-state index is 13.5. The number of aromatic nitrogens is 1. The number of aliphatic hydroxyl groups excluding tert-OH is 1. The van der Waals surface area contributed by atoms with Crippen LogP contribution in [0.15, 0.2) is 36.5 Å². The Morgan fingerprint density at radius 2 is 2.00 bits per heavy atom. The predicted molar refractivity (Wildman–Crippen MR) is 126 cm³/mol. The zero-order valence-electron chi connectivity index (χ0n) is 19.6. The van der Waals surface area contributed by atoms with Crippen LogP contribution in [-0.4, -0.2) is 71.2 Å². The minimum atomic E-state index is -0.311. The third-order valence-electron chi connectivity index (χ3n) is 6.63. The van der Waals surface area contributed by atoms with E-state index in [4.69, 9.17) is 10.00 Å². The Bertz CT molecular complexity index is 1030. The SMILES string of the molecule is C[C@@H]1CN([C@@H](C)CO)C(=O)c2cc(-c3ccc(C#N)cc3)cnc2O[C@@H]1CN(C)CC1CC1. The van der Waals surface area contributed by atoms with Crippen LogP contribution in [0.1, 0.15) is 42.6 Å². The van der Waals surface area contributed by atoms with Crippen molar-refractivity contribution >= 4 is 5.91 Å². The molecule has 0 radical (unpaired) electrons. The molecule has 4 rings (SSSR count). The number of carbonyl (C=O) groups is 1. The second-order valence-corrected chi connectivity index (χ2v) is 9.55. The highest BCUT2D eigenvalue weighted by molar-refractivity contribution is 5.98. The van der Waals surface area contributed by atoms with Gasteiger partial charge in [-0.15, -0.1) is 0 Å². The number of hydrogen-bond acceptors (Lipinski definition) is 6. The number of carbonyl (C=O) groups excluding carboxylic acids is 1. The van der Waals surface area contributed by atoms with Crippen molar-refractivity contribution < 1.29 is 14.6 Å². The number of ether oxygens (including phenoxy) is 1. The van der Waals surface area contributed by atoms with E-state index in [-0.39, 0.29) is 30.6 Å². The van der Waals surface area contributed by atoms with E-state index < -0.39 is 0 Å². The molecule has 33 heavy (non-hydrogen) atoms. The smallest absolute Gasteiger partial charge is 0.259 e. The number of fused-ring (bicyclic) bond motifs is 1. The van der Waals surface area contributed by atoms with Gasteiger partial charge in [-0.05, 0) is 56.5 Å². The molecular formula is C26H32N4O3. The molecular weight excluding hydrogens is 416 g/mol. The van der Waals surface area contributed by atoms with Crippen molar-refractivity contribution in [2.75, 3.05) is 33.3 Å². The van der Waals surface area contributed by atoms with Gasteiger partial charge in [0.1, 0.15) is 11.7 Å². The van der Waals surface area contributed by atoms with Crippen molar-refractivity contribution in [3.63, 3.8) is 0 Å². The highest BCUT2D eigenvalue weighted by atomic mass is 16.5. The second kappa shape index (κ2) is 9.90. The number of aliphatic hydroxyl groups is 1.